The van der Waals surface area contributed by atoms with Crippen molar-refractivity contribution < 1.29 is 32.3 Å². The predicted octanol–water partition coefficient (Wildman–Crippen LogP) is 6.12. The third kappa shape index (κ3) is 4.35. The number of furan rings is 1. The van der Waals surface area contributed by atoms with Crippen LogP contribution in [0.4, 0.5) is 8.78 Å². The van der Waals surface area contributed by atoms with Gasteiger partial charge in [0.1, 0.15) is 0 Å². The zero-order valence-electron chi connectivity index (χ0n) is 17.8. The molecule has 0 spiro atoms. The Hall–Kier alpha value is -4.00. The van der Waals surface area contributed by atoms with E-state index >= 15 is 4.39 Å². The second-order valence-corrected chi connectivity index (χ2v) is 7.59. The molecular formula is C26H20F2O5. The van der Waals surface area contributed by atoms with E-state index in [1.165, 1.54) is 12.1 Å². The molecule has 0 fully saturated rings. The molecule has 1 aromatic heterocycles. The van der Waals surface area contributed by atoms with Gasteiger partial charge < -0.3 is 13.9 Å². The average Bonchev–Trinajstić information content (AvgIpc) is 3.20. The molecule has 1 heterocycles. The number of aryl methyl sites for hydroxylation is 1. The van der Waals surface area contributed by atoms with Crippen LogP contribution in [0.15, 0.2) is 65.1 Å². The number of esters is 1. The van der Waals surface area contributed by atoms with E-state index in [0.717, 1.165) is 5.56 Å². The number of hydrogen-bond donors (Lipinski definition) is 0. The molecule has 0 saturated heterocycles. The molecule has 0 aliphatic heterocycles. The molecule has 0 unspecified atom stereocenters. The minimum Gasteiger partial charge on any atom is -0.462 e. The van der Waals surface area contributed by atoms with Gasteiger partial charge in [0, 0.05) is 21.9 Å². The minimum absolute atomic E-state index is 0.0759. The maximum atomic E-state index is 15.3. The van der Waals surface area contributed by atoms with E-state index in [9.17, 15) is 14.0 Å². The molecule has 0 saturated carbocycles. The number of halogens is 2. The van der Waals surface area contributed by atoms with E-state index < -0.39 is 17.6 Å². The quantitative estimate of drug-likeness (QED) is 0.140. The summed E-state index contributed by atoms with van der Waals surface area (Å²) in [5, 5.41) is 0.803. The van der Waals surface area contributed by atoms with Crippen molar-refractivity contribution in [2.24, 2.45) is 0 Å². The normalized spacial score (nSPS) is 11.0. The molecule has 3 aromatic carbocycles. The summed E-state index contributed by atoms with van der Waals surface area (Å²) in [6.07, 6.45) is 1.35. The van der Waals surface area contributed by atoms with E-state index in [-0.39, 0.29) is 23.4 Å². The van der Waals surface area contributed by atoms with Crippen LogP contribution in [-0.4, -0.2) is 19.0 Å². The highest BCUT2D eigenvalue weighted by molar-refractivity contribution is 6.06. The first-order valence-corrected chi connectivity index (χ1v) is 10.3. The Balaban J connectivity index is 1.57. The molecule has 0 aliphatic carbocycles. The van der Waals surface area contributed by atoms with Crippen LogP contribution in [-0.2, 0) is 20.7 Å². The molecule has 168 valence electrons. The monoisotopic (exact) mass is 450 g/mol. The fourth-order valence-corrected chi connectivity index (χ4v) is 3.60. The van der Waals surface area contributed by atoms with Crippen molar-refractivity contribution in [1.82, 2.24) is 0 Å². The molecule has 0 aliphatic rings. The smallest absolute Gasteiger partial charge is 0.333 e. The number of carbonyl (C=O) groups is 2. The molecule has 0 amide bonds. The van der Waals surface area contributed by atoms with Crippen LogP contribution in [0.25, 0.3) is 33.1 Å². The summed E-state index contributed by atoms with van der Waals surface area (Å²) < 4.78 is 45.0. The first-order valence-electron chi connectivity index (χ1n) is 10.3. The average molecular weight is 450 g/mol. The second kappa shape index (κ2) is 9.24. The lowest BCUT2D eigenvalue weighted by Crippen LogP contribution is -2.06. The lowest BCUT2D eigenvalue weighted by atomic mass is 10.00. The Labute approximate surface area is 188 Å². The van der Waals surface area contributed by atoms with Crippen molar-refractivity contribution in [2.45, 2.75) is 19.8 Å². The lowest BCUT2D eigenvalue weighted by Gasteiger charge is -2.07. The first kappa shape index (κ1) is 22.2. The number of fused-ring (bicyclic) bond motifs is 3. The molecule has 4 rings (SSSR count). The Morgan fingerprint density at radius 3 is 2.33 bits per heavy atom. The van der Waals surface area contributed by atoms with Crippen molar-refractivity contribution in [3.05, 3.63) is 77.9 Å². The summed E-state index contributed by atoms with van der Waals surface area (Å²) in [5.74, 6) is -2.17. The Morgan fingerprint density at radius 2 is 1.67 bits per heavy atom. The lowest BCUT2D eigenvalue weighted by molar-refractivity contribution is -0.139. The highest BCUT2D eigenvalue weighted by Gasteiger charge is 2.20. The van der Waals surface area contributed by atoms with Crippen LogP contribution in [0.3, 0.4) is 0 Å². The predicted molar refractivity (Wildman–Crippen MR) is 120 cm³/mol. The van der Waals surface area contributed by atoms with Crippen molar-refractivity contribution in [2.75, 3.05) is 6.61 Å². The van der Waals surface area contributed by atoms with Crippen molar-refractivity contribution >= 4 is 34.4 Å². The van der Waals surface area contributed by atoms with Gasteiger partial charge in [-0.05, 0) is 49.1 Å². The fraction of sp³-hybridized carbons (Fsp3) is 0.154. The van der Waals surface area contributed by atoms with Gasteiger partial charge in [-0.3, -0.25) is 4.79 Å². The van der Waals surface area contributed by atoms with Gasteiger partial charge in [-0.2, -0.15) is 4.39 Å². The topological polar surface area (TPSA) is 65.7 Å². The van der Waals surface area contributed by atoms with Gasteiger partial charge in [-0.25, -0.2) is 9.18 Å². The van der Waals surface area contributed by atoms with Gasteiger partial charge in [0.05, 0.1) is 6.61 Å². The number of rotatable bonds is 8. The van der Waals surface area contributed by atoms with Crippen LogP contribution in [0, 0.1) is 11.6 Å². The van der Waals surface area contributed by atoms with Gasteiger partial charge in [-0.15, -0.1) is 0 Å². The van der Waals surface area contributed by atoms with Crippen molar-refractivity contribution in [1.29, 1.82) is 0 Å². The number of ether oxygens (including phenoxy) is 2. The van der Waals surface area contributed by atoms with E-state index in [1.54, 1.807) is 31.2 Å². The van der Waals surface area contributed by atoms with E-state index in [4.69, 9.17) is 9.15 Å². The van der Waals surface area contributed by atoms with Crippen LogP contribution in [0.2, 0.25) is 0 Å². The van der Waals surface area contributed by atoms with Gasteiger partial charge in [0.2, 0.25) is 5.82 Å². The number of benzene rings is 3. The number of carbonyl (C=O) groups excluding carboxylic acids is 2. The highest BCUT2D eigenvalue weighted by atomic mass is 19.1. The molecule has 33 heavy (non-hydrogen) atoms. The molecule has 5 nitrogen and oxygen atoms in total. The maximum Gasteiger partial charge on any atom is 0.333 e. The Morgan fingerprint density at radius 1 is 1.00 bits per heavy atom. The second-order valence-electron chi connectivity index (χ2n) is 7.59. The van der Waals surface area contributed by atoms with Crippen molar-refractivity contribution in [3.63, 3.8) is 0 Å². The van der Waals surface area contributed by atoms with Gasteiger partial charge in [-0.1, -0.05) is 36.9 Å². The molecule has 4 aromatic rings. The molecule has 7 heteroatoms. The SMILES string of the molecule is C=C(C)C(=O)OCCCc1ccc(-c2ccc3c(oc4c(F)c(OC=O)ccc43)c2F)cc1. The van der Waals surface area contributed by atoms with Crippen molar-refractivity contribution in [3.8, 4) is 16.9 Å². The summed E-state index contributed by atoms with van der Waals surface area (Å²) in [7, 11) is 0. The van der Waals surface area contributed by atoms with Crippen LogP contribution < -0.4 is 4.74 Å². The zero-order chi connectivity index (χ0) is 23.5. The molecular weight excluding hydrogens is 430 g/mol. The van der Waals surface area contributed by atoms with Gasteiger partial charge in [0.25, 0.3) is 6.47 Å². The third-order valence-electron chi connectivity index (χ3n) is 5.28. The Kier molecular flexibility index (Phi) is 6.22. The van der Waals surface area contributed by atoms with E-state index in [1.807, 2.05) is 12.1 Å². The fourth-order valence-electron chi connectivity index (χ4n) is 3.60. The highest BCUT2D eigenvalue weighted by Crippen LogP contribution is 2.38. The molecule has 0 atom stereocenters. The van der Waals surface area contributed by atoms with Crippen LogP contribution in [0.5, 0.6) is 5.75 Å². The van der Waals surface area contributed by atoms with Gasteiger partial charge >= 0.3 is 5.97 Å². The molecule has 0 radical (unpaired) electrons. The summed E-state index contributed by atoms with van der Waals surface area (Å²) in [5.41, 5.74) is 2.07. The largest absolute Gasteiger partial charge is 0.462 e. The minimum atomic E-state index is -0.866. The van der Waals surface area contributed by atoms with Crippen LogP contribution in [0.1, 0.15) is 18.9 Å². The summed E-state index contributed by atoms with van der Waals surface area (Å²) in [6, 6.07) is 13.4. The first-order chi connectivity index (χ1) is 15.9. The zero-order valence-corrected chi connectivity index (χ0v) is 17.8. The molecule has 0 N–H and O–H groups in total. The van der Waals surface area contributed by atoms with E-state index in [2.05, 4.69) is 11.3 Å². The standard InChI is InChI=1S/C26H20F2O5/c1-15(2)26(30)31-13-3-4-16-5-7-17(8-6-16)18-9-10-19-20-11-12-21(32-14-29)23(28)25(20)33-24(19)22(18)27/h5-12,14H,1,3-4,13H2,2H3. The summed E-state index contributed by atoms with van der Waals surface area (Å²) in [6.45, 7) is 5.54. The third-order valence-corrected chi connectivity index (χ3v) is 5.28. The number of hydrogen-bond acceptors (Lipinski definition) is 5. The van der Waals surface area contributed by atoms with Gasteiger partial charge in [0.15, 0.2) is 22.7 Å². The Bertz CT molecular complexity index is 1370. The molecule has 0 bridgehead atoms. The van der Waals surface area contributed by atoms with Crippen LogP contribution >= 0.6 is 0 Å². The van der Waals surface area contributed by atoms with E-state index in [0.29, 0.717) is 46.9 Å². The summed E-state index contributed by atoms with van der Waals surface area (Å²) >= 11 is 0. The summed E-state index contributed by atoms with van der Waals surface area (Å²) in [4.78, 5) is 21.9. The maximum absolute atomic E-state index is 15.3.